The molecular weight excluding hydrogens is 419 g/mol. The highest BCUT2D eigenvalue weighted by molar-refractivity contribution is 7.92. The van der Waals surface area contributed by atoms with E-state index >= 15 is 0 Å². The van der Waals surface area contributed by atoms with E-state index in [1.165, 1.54) is 31.4 Å². The van der Waals surface area contributed by atoms with Gasteiger partial charge in [0.15, 0.2) is 0 Å². The maximum Gasteiger partial charge on any atom is 0.264 e. The van der Waals surface area contributed by atoms with Crippen LogP contribution in [0.2, 0.25) is 0 Å². The maximum atomic E-state index is 13.2. The molecule has 0 aliphatic rings. The van der Waals surface area contributed by atoms with E-state index in [-0.39, 0.29) is 17.3 Å². The Morgan fingerprint density at radius 1 is 0.968 bits per heavy atom. The number of benzene rings is 3. The molecule has 3 aromatic rings. The minimum atomic E-state index is -3.96. The Bertz CT molecular complexity index is 1100. The number of anilines is 1. The van der Waals surface area contributed by atoms with Crippen molar-refractivity contribution in [2.75, 3.05) is 24.5 Å². The smallest absolute Gasteiger partial charge is 0.264 e. The van der Waals surface area contributed by atoms with Crippen molar-refractivity contribution in [1.82, 2.24) is 5.32 Å². The molecule has 3 aromatic carbocycles. The van der Waals surface area contributed by atoms with E-state index in [1.807, 2.05) is 0 Å². The lowest BCUT2D eigenvalue weighted by Gasteiger charge is -2.24. The highest BCUT2D eigenvalue weighted by Gasteiger charge is 2.27. The van der Waals surface area contributed by atoms with Crippen molar-refractivity contribution >= 4 is 21.6 Å². The summed E-state index contributed by atoms with van der Waals surface area (Å²) in [5.74, 6) is -0.198. The van der Waals surface area contributed by atoms with Gasteiger partial charge in [0.05, 0.1) is 17.7 Å². The lowest BCUT2D eigenvalue weighted by atomic mass is 10.1. The summed E-state index contributed by atoms with van der Waals surface area (Å²) in [7, 11) is -2.44. The van der Waals surface area contributed by atoms with Crippen LogP contribution in [0.3, 0.4) is 0 Å². The van der Waals surface area contributed by atoms with Crippen molar-refractivity contribution < 1.29 is 22.3 Å². The Morgan fingerprint density at radius 2 is 1.61 bits per heavy atom. The minimum absolute atomic E-state index is 0.0879. The van der Waals surface area contributed by atoms with Gasteiger partial charge in [0.1, 0.15) is 18.1 Å². The van der Waals surface area contributed by atoms with Gasteiger partial charge >= 0.3 is 0 Å². The minimum Gasteiger partial charge on any atom is -0.497 e. The average Bonchev–Trinajstić information content (AvgIpc) is 2.79. The van der Waals surface area contributed by atoms with Gasteiger partial charge in [-0.1, -0.05) is 30.3 Å². The maximum absolute atomic E-state index is 13.2. The molecule has 8 heteroatoms. The van der Waals surface area contributed by atoms with Crippen molar-refractivity contribution in [2.24, 2.45) is 0 Å². The molecule has 0 bridgehead atoms. The van der Waals surface area contributed by atoms with Gasteiger partial charge in [-0.05, 0) is 60.5 Å². The fraction of sp³-hybridized carbons (Fsp3) is 0.174. The molecule has 0 aromatic heterocycles. The summed E-state index contributed by atoms with van der Waals surface area (Å²) in [6, 6.07) is 20.4. The second-order valence-corrected chi connectivity index (χ2v) is 8.61. The van der Waals surface area contributed by atoms with Crippen LogP contribution in [0.4, 0.5) is 10.1 Å². The lowest BCUT2D eigenvalue weighted by Crippen LogP contribution is -2.41. The molecule has 3 rings (SSSR count). The molecule has 0 aliphatic carbocycles. The lowest BCUT2D eigenvalue weighted by molar-refractivity contribution is -0.119. The summed E-state index contributed by atoms with van der Waals surface area (Å²) in [6.45, 7) is -0.0841. The fourth-order valence-electron chi connectivity index (χ4n) is 2.97. The SMILES string of the molecule is COc1ccc(N(CC(=O)NCCc2ccc(F)cc2)S(=O)(=O)c2ccccc2)cc1. The van der Waals surface area contributed by atoms with E-state index in [4.69, 9.17) is 4.74 Å². The second kappa shape index (κ2) is 10.1. The first-order valence-electron chi connectivity index (χ1n) is 9.63. The average molecular weight is 443 g/mol. The summed E-state index contributed by atoms with van der Waals surface area (Å²) < 4.78 is 45.7. The Hall–Kier alpha value is -3.39. The first-order valence-corrected chi connectivity index (χ1v) is 11.1. The molecule has 0 saturated heterocycles. The molecule has 0 saturated carbocycles. The van der Waals surface area contributed by atoms with Gasteiger partial charge in [-0.3, -0.25) is 9.10 Å². The molecule has 6 nitrogen and oxygen atoms in total. The van der Waals surface area contributed by atoms with Crippen LogP contribution in [0.15, 0.2) is 83.8 Å². The van der Waals surface area contributed by atoms with Gasteiger partial charge in [0.25, 0.3) is 10.0 Å². The molecular formula is C23H23FN2O4S. The zero-order chi connectivity index (χ0) is 22.3. The fourth-order valence-corrected chi connectivity index (χ4v) is 4.41. The number of halogens is 1. The molecule has 0 aliphatic heterocycles. The molecule has 1 N–H and O–H groups in total. The predicted octanol–water partition coefficient (Wildman–Crippen LogP) is 3.39. The predicted molar refractivity (Wildman–Crippen MR) is 117 cm³/mol. The molecule has 0 spiro atoms. The number of sulfonamides is 1. The number of hydrogen-bond acceptors (Lipinski definition) is 4. The summed E-state index contributed by atoms with van der Waals surface area (Å²) in [4.78, 5) is 12.7. The van der Waals surface area contributed by atoms with E-state index in [1.54, 1.807) is 54.6 Å². The van der Waals surface area contributed by atoms with Crippen LogP contribution in [-0.4, -0.2) is 34.5 Å². The normalized spacial score (nSPS) is 11.0. The number of amides is 1. The first kappa shape index (κ1) is 22.3. The van der Waals surface area contributed by atoms with Gasteiger partial charge in [0.2, 0.25) is 5.91 Å². The summed E-state index contributed by atoms with van der Waals surface area (Å²) >= 11 is 0. The molecule has 1 amide bonds. The summed E-state index contributed by atoms with van der Waals surface area (Å²) in [5, 5.41) is 2.73. The van der Waals surface area contributed by atoms with Gasteiger partial charge in [-0.25, -0.2) is 12.8 Å². The van der Waals surface area contributed by atoms with Gasteiger partial charge in [0, 0.05) is 6.54 Å². The van der Waals surface area contributed by atoms with Gasteiger partial charge in [-0.2, -0.15) is 0 Å². The number of nitrogens with zero attached hydrogens (tertiary/aromatic N) is 1. The zero-order valence-corrected chi connectivity index (χ0v) is 17.8. The zero-order valence-electron chi connectivity index (χ0n) is 17.0. The van der Waals surface area contributed by atoms with E-state index < -0.39 is 15.9 Å². The van der Waals surface area contributed by atoms with Crippen molar-refractivity contribution in [3.63, 3.8) is 0 Å². The number of carbonyl (C=O) groups is 1. The van der Waals surface area contributed by atoms with Crippen LogP contribution in [-0.2, 0) is 21.2 Å². The standard InChI is InChI=1S/C23H23FN2O4S/c1-30-21-13-11-20(12-14-21)26(31(28,29)22-5-3-2-4-6-22)17-23(27)25-16-15-18-7-9-19(24)10-8-18/h2-14H,15-17H2,1H3,(H,25,27). The quantitative estimate of drug-likeness (QED) is 0.551. The first-order chi connectivity index (χ1) is 14.9. The van der Waals surface area contributed by atoms with Crippen molar-refractivity contribution in [3.8, 4) is 5.75 Å². The number of rotatable bonds is 9. The largest absolute Gasteiger partial charge is 0.497 e. The molecule has 0 unspecified atom stereocenters. The van der Waals surface area contributed by atoms with Gasteiger partial charge < -0.3 is 10.1 Å². The molecule has 31 heavy (non-hydrogen) atoms. The Balaban J connectivity index is 1.75. The number of nitrogens with one attached hydrogen (secondary N) is 1. The van der Waals surface area contributed by atoms with Crippen LogP contribution in [0.1, 0.15) is 5.56 Å². The number of carbonyl (C=O) groups excluding carboxylic acids is 1. The highest BCUT2D eigenvalue weighted by Crippen LogP contribution is 2.25. The highest BCUT2D eigenvalue weighted by atomic mass is 32.2. The third-order valence-electron chi connectivity index (χ3n) is 4.63. The van der Waals surface area contributed by atoms with Crippen LogP contribution < -0.4 is 14.4 Å². The van der Waals surface area contributed by atoms with E-state index in [9.17, 15) is 17.6 Å². The van der Waals surface area contributed by atoms with Crippen LogP contribution >= 0.6 is 0 Å². The third-order valence-corrected chi connectivity index (χ3v) is 6.42. The van der Waals surface area contributed by atoms with Crippen molar-refractivity contribution in [1.29, 1.82) is 0 Å². The van der Waals surface area contributed by atoms with Crippen LogP contribution in [0.25, 0.3) is 0 Å². The second-order valence-electron chi connectivity index (χ2n) is 6.75. The number of ether oxygens (including phenoxy) is 1. The molecule has 0 radical (unpaired) electrons. The van der Waals surface area contributed by atoms with E-state index in [0.717, 1.165) is 9.87 Å². The Morgan fingerprint density at radius 3 is 2.23 bits per heavy atom. The van der Waals surface area contributed by atoms with E-state index in [2.05, 4.69) is 5.32 Å². The topological polar surface area (TPSA) is 75.7 Å². The van der Waals surface area contributed by atoms with Crippen LogP contribution in [0, 0.1) is 5.82 Å². The number of methoxy groups -OCH3 is 1. The molecule has 0 atom stereocenters. The summed E-state index contributed by atoms with van der Waals surface area (Å²) in [5.41, 5.74) is 1.21. The summed E-state index contributed by atoms with van der Waals surface area (Å²) in [6.07, 6.45) is 0.500. The Labute approximate surface area is 181 Å². The molecule has 0 heterocycles. The van der Waals surface area contributed by atoms with Crippen molar-refractivity contribution in [2.45, 2.75) is 11.3 Å². The monoisotopic (exact) mass is 442 g/mol. The van der Waals surface area contributed by atoms with Crippen molar-refractivity contribution in [3.05, 3.63) is 90.2 Å². The molecule has 162 valence electrons. The van der Waals surface area contributed by atoms with E-state index in [0.29, 0.717) is 24.4 Å². The van der Waals surface area contributed by atoms with Crippen LogP contribution in [0.5, 0.6) is 5.75 Å². The third kappa shape index (κ3) is 5.82. The number of hydrogen-bond donors (Lipinski definition) is 1. The van der Waals surface area contributed by atoms with Gasteiger partial charge in [-0.15, -0.1) is 0 Å². The molecule has 0 fully saturated rings. The Kier molecular flexibility index (Phi) is 7.25.